The van der Waals surface area contributed by atoms with Crippen LogP contribution in [0.5, 0.6) is 0 Å². The minimum atomic E-state index is -0.894. The van der Waals surface area contributed by atoms with Crippen LogP contribution in [0.2, 0.25) is 0 Å². The van der Waals surface area contributed by atoms with Crippen LogP contribution in [0.15, 0.2) is 42.5 Å². The van der Waals surface area contributed by atoms with Gasteiger partial charge in [-0.05, 0) is 42.0 Å². The molecule has 0 saturated heterocycles. The lowest BCUT2D eigenvalue weighted by molar-refractivity contribution is 0.175. The van der Waals surface area contributed by atoms with Crippen molar-refractivity contribution in [2.75, 3.05) is 0 Å². The maximum atomic E-state index is 13.6. The van der Waals surface area contributed by atoms with Crippen molar-refractivity contribution in [3.63, 3.8) is 0 Å². The number of aliphatic hydroxyl groups excluding tert-OH is 1. The van der Waals surface area contributed by atoms with Crippen molar-refractivity contribution in [3.8, 4) is 0 Å². The lowest BCUT2D eigenvalue weighted by atomic mass is 9.99. The molecule has 0 aromatic heterocycles. The van der Waals surface area contributed by atoms with Crippen molar-refractivity contribution in [2.45, 2.75) is 31.3 Å². The molecule has 2 aromatic carbocycles. The smallest absolute Gasteiger partial charge is 0.129 e. The van der Waals surface area contributed by atoms with E-state index in [4.69, 9.17) is 0 Å². The summed E-state index contributed by atoms with van der Waals surface area (Å²) < 4.78 is 27.1. The zero-order chi connectivity index (χ0) is 14.1. The SMILES string of the molecule is OC(Cc1c(F)cccc1F)c1ccc(C2CC2)cc1. The molecule has 1 atom stereocenters. The third-order valence-electron chi connectivity index (χ3n) is 3.83. The molecule has 1 N–H and O–H groups in total. The topological polar surface area (TPSA) is 20.2 Å². The second kappa shape index (κ2) is 5.33. The molecule has 1 fully saturated rings. The van der Waals surface area contributed by atoms with E-state index in [1.54, 1.807) is 0 Å². The van der Waals surface area contributed by atoms with E-state index in [1.165, 1.54) is 36.6 Å². The van der Waals surface area contributed by atoms with Crippen LogP contribution in [-0.2, 0) is 6.42 Å². The summed E-state index contributed by atoms with van der Waals surface area (Å²) in [5.41, 5.74) is 1.90. The number of aliphatic hydroxyl groups is 1. The molecule has 0 heterocycles. The van der Waals surface area contributed by atoms with E-state index in [-0.39, 0.29) is 12.0 Å². The Bertz CT molecular complexity index is 583. The lowest BCUT2D eigenvalue weighted by Crippen LogP contribution is -2.05. The standard InChI is InChI=1S/C17H16F2O/c18-15-2-1-3-16(19)14(15)10-17(20)13-8-6-12(7-9-13)11-4-5-11/h1-3,6-9,11,17,20H,4-5,10H2. The van der Waals surface area contributed by atoms with E-state index in [0.717, 1.165) is 0 Å². The molecule has 104 valence electrons. The molecule has 0 spiro atoms. The first-order chi connectivity index (χ1) is 9.65. The molecule has 1 unspecified atom stereocenters. The normalized spacial score (nSPS) is 16.1. The predicted molar refractivity (Wildman–Crippen MR) is 73.4 cm³/mol. The summed E-state index contributed by atoms with van der Waals surface area (Å²) in [5, 5.41) is 10.1. The minimum absolute atomic E-state index is 0.0543. The average molecular weight is 274 g/mol. The van der Waals surface area contributed by atoms with E-state index in [2.05, 4.69) is 0 Å². The van der Waals surface area contributed by atoms with Gasteiger partial charge in [-0.15, -0.1) is 0 Å². The molecule has 1 saturated carbocycles. The van der Waals surface area contributed by atoms with Crippen molar-refractivity contribution in [1.82, 2.24) is 0 Å². The molecule has 1 aliphatic carbocycles. The van der Waals surface area contributed by atoms with Crippen LogP contribution in [0.25, 0.3) is 0 Å². The Morgan fingerprint density at radius 1 is 1.00 bits per heavy atom. The van der Waals surface area contributed by atoms with Crippen LogP contribution < -0.4 is 0 Å². The molecule has 0 aliphatic heterocycles. The molecule has 0 amide bonds. The third-order valence-corrected chi connectivity index (χ3v) is 3.83. The van der Waals surface area contributed by atoms with Gasteiger partial charge in [0, 0.05) is 12.0 Å². The van der Waals surface area contributed by atoms with Crippen molar-refractivity contribution >= 4 is 0 Å². The highest BCUT2D eigenvalue weighted by Crippen LogP contribution is 2.40. The summed E-state index contributed by atoms with van der Waals surface area (Å²) in [6.45, 7) is 0. The highest BCUT2D eigenvalue weighted by Gasteiger charge is 2.23. The average Bonchev–Trinajstić information content (AvgIpc) is 3.28. The predicted octanol–water partition coefficient (Wildman–Crippen LogP) is 4.12. The zero-order valence-electron chi connectivity index (χ0n) is 11.0. The summed E-state index contributed by atoms with van der Waals surface area (Å²) >= 11 is 0. The van der Waals surface area contributed by atoms with Gasteiger partial charge in [0.15, 0.2) is 0 Å². The van der Waals surface area contributed by atoms with E-state index in [1.807, 2.05) is 24.3 Å². The minimum Gasteiger partial charge on any atom is -0.388 e. The summed E-state index contributed by atoms with van der Waals surface area (Å²) in [5.74, 6) is -0.567. The van der Waals surface area contributed by atoms with Crippen LogP contribution in [0.3, 0.4) is 0 Å². The molecule has 0 radical (unpaired) electrons. The molecule has 1 nitrogen and oxygen atoms in total. The Kier molecular flexibility index (Phi) is 3.53. The molecule has 0 bridgehead atoms. The monoisotopic (exact) mass is 274 g/mol. The van der Waals surface area contributed by atoms with Gasteiger partial charge in [-0.3, -0.25) is 0 Å². The van der Waals surface area contributed by atoms with Crippen LogP contribution in [0.1, 0.15) is 41.6 Å². The van der Waals surface area contributed by atoms with Gasteiger partial charge < -0.3 is 5.11 Å². The molecular formula is C17H16F2O. The quantitative estimate of drug-likeness (QED) is 0.889. The second-order valence-corrected chi connectivity index (χ2v) is 5.36. The third kappa shape index (κ3) is 2.73. The fourth-order valence-electron chi connectivity index (χ4n) is 2.45. The van der Waals surface area contributed by atoms with Gasteiger partial charge in [0.2, 0.25) is 0 Å². The lowest BCUT2D eigenvalue weighted by Gasteiger charge is -2.13. The van der Waals surface area contributed by atoms with Gasteiger partial charge in [-0.2, -0.15) is 0 Å². The van der Waals surface area contributed by atoms with E-state index in [9.17, 15) is 13.9 Å². The number of hydrogen-bond acceptors (Lipinski definition) is 1. The molecule has 3 rings (SSSR count). The first kappa shape index (κ1) is 13.3. The second-order valence-electron chi connectivity index (χ2n) is 5.36. The van der Waals surface area contributed by atoms with E-state index < -0.39 is 17.7 Å². The van der Waals surface area contributed by atoms with Crippen LogP contribution in [-0.4, -0.2) is 5.11 Å². The Balaban J connectivity index is 1.76. The fourth-order valence-corrected chi connectivity index (χ4v) is 2.45. The van der Waals surface area contributed by atoms with Crippen LogP contribution in [0, 0.1) is 11.6 Å². The van der Waals surface area contributed by atoms with Crippen molar-refractivity contribution in [3.05, 3.63) is 70.8 Å². The molecule has 2 aromatic rings. The largest absolute Gasteiger partial charge is 0.388 e. The molecule has 3 heteroatoms. The van der Waals surface area contributed by atoms with Gasteiger partial charge in [-0.25, -0.2) is 8.78 Å². The highest BCUT2D eigenvalue weighted by molar-refractivity contribution is 5.30. The van der Waals surface area contributed by atoms with Crippen molar-refractivity contribution in [1.29, 1.82) is 0 Å². The fraction of sp³-hybridized carbons (Fsp3) is 0.294. The Hall–Kier alpha value is -1.74. The number of halogens is 2. The van der Waals surface area contributed by atoms with Crippen LogP contribution in [0.4, 0.5) is 8.78 Å². The van der Waals surface area contributed by atoms with Crippen LogP contribution >= 0.6 is 0 Å². The molecule has 1 aliphatic rings. The van der Waals surface area contributed by atoms with Crippen molar-refractivity contribution in [2.24, 2.45) is 0 Å². The molecule has 20 heavy (non-hydrogen) atoms. The number of hydrogen-bond donors (Lipinski definition) is 1. The first-order valence-electron chi connectivity index (χ1n) is 6.86. The highest BCUT2D eigenvalue weighted by atomic mass is 19.1. The maximum Gasteiger partial charge on any atom is 0.129 e. The zero-order valence-corrected chi connectivity index (χ0v) is 11.0. The molecular weight excluding hydrogens is 258 g/mol. The Morgan fingerprint density at radius 3 is 2.15 bits per heavy atom. The Morgan fingerprint density at radius 2 is 1.60 bits per heavy atom. The van der Waals surface area contributed by atoms with Gasteiger partial charge in [0.25, 0.3) is 0 Å². The van der Waals surface area contributed by atoms with E-state index in [0.29, 0.717) is 11.5 Å². The maximum absolute atomic E-state index is 13.6. The number of benzene rings is 2. The first-order valence-corrected chi connectivity index (χ1v) is 6.86. The van der Waals surface area contributed by atoms with Gasteiger partial charge >= 0.3 is 0 Å². The van der Waals surface area contributed by atoms with Crippen molar-refractivity contribution < 1.29 is 13.9 Å². The van der Waals surface area contributed by atoms with Gasteiger partial charge in [0.1, 0.15) is 11.6 Å². The van der Waals surface area contributed by atoms with Gasteiger partial charge in [0.05, 0.1) is 6.10 Å². The summed E-state index contributed by atoms with van der Waals surface area (Å²) in [6, 6.07) is 11.4. The van der Waals surface area contributed by atoms with E-state index >= 15 is 0 Å². The summed E-state index contributed by atoms with van der Waals surface area (Å²) in [4.78, 5) is 0. The summed E-state index contributed by atoms with van der Waals surface area (Å²) in [7, 11) is 0. The number of rotatable bonds is 4. The summed E-state index contributed by atoms with van der Waals surface area (Å²) in [6.07, 6.45) is 1.50. The Labute approximate surface area is 116 Å². The van der Waals surface area contributed by atoms with Gasteiger partial charge in [-0.1, -0.05) is 30.3 Å².